The normalized spacial score (nSPS) is 20.4. The Hall–Kier alpha value is -1.51. The number of anilines is 1. The molecule has 1 aliphatic heterocycles. The van der Waals surface area contributed by atoms with Crippen LogP contribution in [-0.2, 0) is 4.79 Å². The summed E-state index contributed by atoms with van der Waals surface area (Å²) in [5.74, 6) is 0.697. The summed E-state index contributed by atoms with van der Waals surface area (Å²) in [7, 11) is 0. The van der Waals surface area contributed by atoms with Gasteiger partial charge in [-0.3, -0.25) is 4.79 Å². The first-order valence-electron chi connectivity index (χ1n) is 4.72. The molecule has 1 atom stereocenters. The molecule has 1 aromatic carbocycles. The standard InChI is InChI=1S/C11H13NO2/c1-7-4-3-5-9-10(7)12-11(13)8(2)6-14-9/h3-5,8H,6H2,1-2H3,(H,12,13). The van der Waals surface area contributed by atoms with Crippen molar-refractivity contribution in [3.63, 3.8) is 0 Å². The van der Waals surface area contributed by atoms with Gasteiger partial charge in [-0.05, 0) is 18.6 Å². The number of para-hydroxylation sites is 1. The monoisotopic (exact) mass is 191 g/mol. The lowest BCUT2D eigenvalue weighted by atomic mass is 10.1. The highest BCUT2D eigenvalue weighted by Gasteiger charge is 2.21. The molecule has 74 valence electrons. The topological polar surface area (TPSA) is 38.3 Å². The fraction of sp³-hybridized carbons (Fsp3) is 0.364. The van der Waals surface area contributed by atoms with Gasteiger partial charge in [0.25, 0.3) is 0 Å². The molecule has 3 nitrogen and oxygen atoms in total. The van der Waals surface area contributed by atoms with Crippen LogP contribution < -0.4 is 10.1 Å². The molecule has 0 bridgehead atoms. The van der Waals surface area contributed by atoms with Gasteiger partial charge in [-0.25, -0.2) is 0 Å². The fourth-order valence-electron chi connectivity index (χ4n) is 1.46. The van der Waals surface area contributed by atoms with E-state index in [0.29, 0.717) is 6.61 Å². The second-order valence-corrected chi connectivity index (χ2v) is 3.65. The van der Waals surface area contributed by atoms with Crippen LogP contribution in [0.1, 0.15) is 12.5 Å². The SMILES string of the molecule is Cc1cccc2c1NC(=O)C(C)CO2. The van der Waals surface area contributed by atoms with Crippen LogP contribution in [0.25, 0.3) is 0 Å². The molecule has 1 N–H and O–H groups in total. The summed E-state index contributed by atoms with van der Waals surface area (Å²) in [4.78, 5) is 11.5. The first kappa shape index (κ1) is 9.06. The number of rotatable bonds is 0. The lowest BCUT2D eigenvalue weighted by Gasteiger charge is -2.08. The van der Waals surface area contributed by atoms with Crippen molar-refractivity contribution < 1.29 is 9.53 Å². The largest absolute Gasteiger partial charge is 0.491 e. The smallest absolute Gasteiger partial charge is 0.230 e. The molecule has 0 aliphatic carbocycles. The van der Waals surface area contributed by atoms with Crippen molar-refractivity contribution in [2.45, 2.75) is 13.8 Å². The average Bonchev–Trinajstić information content (AvgIpc) is 2.30. The van der Waals surface area contributed by atoms with E-state index in [9.17, 15) is 4.79 Å². The molecule has 0 radical (unpaired) electrons. The van der Waals surface area contributed by atoms with Crippen LogP contribution in [0.2, 0.25) is 0 Å². The van der Waals surface area contributed by atoms with Gasteiger partial charge in [0.2, 0.25) is 5.91 Å². The quantitative estimate of drug-likeness (QED) is 0.680. The molecule has 0 saturated heterocycles. The molecule has 1 aliphatic rings. The minimum Gasteiger partial charge on any atom is -0.491 e. The zero-order valence-electron chi connectivity index (χ0n) is 8.33. The van der Waals surface area contributed by atoms with E-state index in [1.165, 1.54) is 0 Å². The summed E-state index contributed by atoms with van der Waals surface area (Å²) in [5, 5.41) is 2.88. The molecule has 0 saturated carbocycles. The van der Waals surface area contributed by atoms with Crippen molar-refractivity contribution in [3.8, 4) is 5.75 Å². The average molecular weight is 191 g/mol. The lowest BCUT2D eigenvalue weighted by Crippen LogP contribution is -2.22. The van der Waals surface area contributed by atoms with Crippen molar-refractivity contribution in [1.82, 2.24) is 0 Å². The number of nitrogens with one attached hydrogen (secondary N) is 1. The number of aryl methyl sites for hydroxylation is 1. The number of carbonyl (C=O) groups excluding carboxylic acids is 1. The maximum absolute atomic E-state index is 11.5. The second-order valence-electron chi connectivity index (χ2n) is 3.65. The minimum absolute atomic E-state index is 0.0260. The van der Waals surface area contributed by atoms with Crippen LogP contribution in [0, 0.1) is 12.8 Å². The summed E-state index contributed by atoms with van der Waals surface area (Å²) >= 11 is 0. The Morgan fingerprint density at radius 3 is 3.07 bits per heavy atom. The van der Waals surface area contributed by atoms with Gasteiger partial charge in [0.15, 0.2) is 0 Å². The molecule has 0 aromatic heterocycles. The van der Waals surface area contributed by atoms with Gasteiger partial charge < -0.3 is 10.1 Å². The van der Waals surface area contributed by atoms with E-state index in [4.69, 9.17) is 4.74 Å². The molecule has 1 heterocycles. The Labute approximate surface area is 83.1 Å². The number of hydrogen-bond donors (Lipinski definition) is 1. The Morgan fingerprint density at radius 2 is 2.29 bits per heavy atom. The zero-order valence-corrected chi connectivity index (χ0v) is 8.33. The van der Waals surface area contributed by atoms with Crippen molar-refractivity contribution >= 4 is 11.6 Å². The second kappa shape index (κ2) is 3.33. The lowest BCUT2D eigenvalue weighted by molar-refractivity contribution is -0.119. The first-order chi connectivity index (χ1) is 6.68. The van der Waals surface area contributed by atoms with Gasteiger partial charge in [-0.15, -0.1) is 0 Å². The third-order valence-corrected chi connectivity index (χ3v) is 2.42. The minimum atomic E-state index is -0.0956. The van der Waals surface area contributed by atoms with E-state index in [1.54, 1.807) is 0 Å². The number of fused-ring (bicyclic) bond motifs is 1. The van der Waals surface area contributed by atoms with E-state index in [0.717, 1.165) is 17.0 Å². The predicted octanol–water partition coefficient (Wildman–Crippen LogP) is 1.96. The van der Waals surface area contributed by atoms with Crippen LogP contribution in [0.5, 0.6) is 5.75 Å². The highest BCUT2D eigenvalue weighted by Crippen LogP contribution is 2.30. The van der Waals surface area contributed by atoms with Gasteiger partial charge in [0.05, 0.1) is 18.2 Å². The Bertz CT molecular complexity index is 374. The predicted molar refractivity (Wildman–Crippen MR) is 54.5 cm³/mol. The molecule has 0 spiro atoms. The number of ether oxygens (including phenoxy) is 1. The molecular formula is C11H13NO2. The van der Waals surface area contributed by atoms with Gasteiger partial charge in [0, 0.05) is 0 Å². The zero-order chi connectivity index (χ0) is 10.1. The number of hydrogen-bond acceptors (Lipinski definition) is 2. The van der Waals surface area contributed by atoms with Gasteiger partial charge in [-0.2, -0.15) is 0 Å². The molecule has 1 unspecified atom stereocenters. The molecule has 0 fully saturated rings. The van der Waals surface area contributed by atoms with Crippen LogP contribution in [-0.4, -0.2) is 12.5 Å². The number of benzene rings is 1. The molecular weight excluding hydrogens is 178 g/mol. The van der Waals surface area contributed by atoms with Crippen LogP contribution >= 0.6 is 0 Å². The maximum atomic E-state index is 11.5. The molecule has 3 heteroatoms. The molecule has 14 heavy (non-hydrogen) atoms. The fourth-order valence-corrected chi connectivity index (χ4v) is 1.46. The van der Waals surface area contributed by atoms with Crippen molar-refractivity contribution in [1.29, 1.82) is 0 Å². The maximum Gasteiger partial charge on any atom is 0.230 e. The van der Waals surface area contributed by atoms with E-state index in [2.05, 4.69) is 5.32 Å². The molecule has 2 rings (SSSR count). The van der Waals surface area contributed by atoms with Gasteiger partial charge in [-0.1, -0.05) is 19.1 Å². The van der Waals surface area contributed by atoms with Crippen molar-refractivity contribution in [3.05, 3.63) is 23.8 Å². The highest BCUT2D eigenvalue weighted by molar-refractivity contribution is 5.95. The Balaban J connectivity index is 2.43. The van der Waals surface area contributed by atoms with E-state index >= 15 is 0 Å². The van der Waals surface area contributed by atoms with Crippen LogP contribution in [0.3, 0.4) is 0 Å². The Kier molecular flexibility index (Phi) is 2.15. The van der Waals surface area contributed by atoms with Crippen LogP contribution in [0.4, 0.5) is 5.69 Å². The van der Waals surface area contributed by atoms with E-state index in [1.807, 2.05) is 32.0 Å². The van der Waals surface area contributed by atoms with E-state index < -0.39 is 0 Å². The van der Waals surface area contributed by atoms with Crippen LogP contribution in [0.15, 0.2) is 18.2 Å². The third kappa shape index (κ3) is 1.45. The third-order valence-electron chi connectivity index (χ3n) is 2.42. The van der Waals surface area contributed by atoms with Gasteiger partial charge in [0.1, 0.15) is 5.75 Å². The highest BCUT2D eigenvalue weighted by atomic mass is 16.5. The van der Waals surface area contributed by atoms with E-state index in [-0.39, 0.29) is 11.8 Å². The summed E-state index contributed by atoms with van der Waals surface area (Å²) in [6, 6.07) is 5.76. The van der Waals surface area contributed by atoms with Crippen molar-refractivity contribution in [2.24, 2.45) is 5.92 Å². The summed E-state index contributed by atoms with van der Waals surface area (Å²) in [6.45, 7) is 4.26. The van der Waals surface area contributed by atoms with Gasteiger partial charge >= 0.3 is 0 Å². The molecule has 1 aromatic rings. The van der Waals surface area contributed by atoms with Crippen molar-refractivity contribution in [2.75, 3.05) is 11.9 Å². The molecule has 1 amide bonds. The summed E-state index contributed by atoms with van der Waals surface area (Å²) < 4.78 is 5.53. The first-order valence-corrected chi connectivity index (χ1v) is 4.72. The summed E-state index contributed by atoms with van der Waals surface area (Å²) in [6.07, 6.45) is 0. The summed E-state index contributed by atoms with van der Waals surface area (Å²) in [5.41, 5.74) is 1.84. The number of amides is 1. The Morgan fingerprint density at radius 1 is 1.50 bits per heavy atom. The number of carbonyl (C=O) groups is 1.